The molecule has 1 aliphatic rings. The number of nitrogens with one attached hydrogen (secondary N) is 1. The van der Waals surface area contributed by atoms with E-state index in [1.165, 1.54) is 31.2 Å². The standard InChI is InChI=1S/C18H21FN2O6/c1-10-7-16(22)14(15(10)9-21(25)26)8-17(23)27-11(2)18(24)20-13-5-3-12(19)4-6-13/h3-6,10-11,14-15H,7-9H2,1-2H3,(H,20,24)/t10-,11+,14-,15-/m1/s1. The third kappa shape index (κ3) is 5.57. The fourth-order valence-corrected chi connectivity index (χ4v) is 3.26. The van der Waals surface area contributed by atoms with Crippen LogP contribution >= 0.6 is 0 Å². The molecule has 0 spiro atoms. The molecule has 2 rings (SSSR count). The molecule has 1 aliphatic carbocycles. The zero-order valence-corrected chi connectivity index (χ0v) is 15.0. The summed E-state index contributed by atoms with van der Waals surface area (Å²) in [4.78, 5) is 46.6. The lowest BCUT2D eigenvalue weighted by Gasteiger charge is -2.18. The van der Waals surface area contributed by atoms with Gasteiger partial charge in [-0.3, -0.25) is 24.5 Å². The van der Waals surface area contributed by atoms with Crippen LogP contribution in [0.2, 0.25) is 0 Å². The van der Waals surface area contributed by atoms with Gasteiger partial charge in [-0.25, -0.2) is 4.39 Å². The summed E-state index contributed by atoms with van der Waals surface area (Å²) in [6.45, 7) is 2.73. The molecule has 9 heteroatoms. The van der Waals surface area contributed by atoms with Gasteiger partial charge >= 0.3 is 5.97 Å². The largest absolute Gasteiger partial charge is 0.453 e. The Labute approximate surface area is 155 Å². The highest BCUT2D eigenvalue weighted by Crippen LogP contribution is 2.36. The van der Waals surface area contributed by atoms with Gasteiger partial charge in [-0.15, -0.1) is 0 Å². The molecule has 1 amide bonds. The van der Waals surface area contributed by atoms with Gasteiger partial charge in [0.25, 0.3) is 5.91 Å². The second-order valence-corrected chi connectivity index (χ2v) is 6.77. The van der Waals surface area contributed by atoms with Crippen molar-refractivity contribution in [2.45, 2.75) is 32.8 Å². The average Bonchev–Trinajstić information content (AvgIpc) is 2.83. The Morgan fingerprint density at radius 1 is 1.37 bits per heavy atom. The quantitative estimate of drug-likeness (QED) is 0.440. The molecule has 1 aromatic carbocycles. The lowest BCUT2D eigenvalue weighted by atomic mass is 9.88. The zero-order valence-electron chi connectivity index (χ0n) is 15.0. The number of Topliss-reactive ketones (excluding diaryl/α,β-unsaturated/α-hetero) is 1. The van der Waals surface area contributed by atoms with E-state index < -0.39 is 40.6 Å². The highest BCUT2D eigenvalue weighted by molar-refractivity contribution is 5.95. The number of ketones is 1. The zero-order chi connectivity index (χ0) is 20.1. The molecule has 0 aliphatic heterocycles. The average molecular weight is 380 g/mol. The summed E-state index contributed by atoms with van der Waals surface area (Å²) in [6.07, 6.45) is -1.24. The molecule has 0 saturated heterocycles. The predicted octanol–water partition coefficient (Wildman–Crippen LogP) is 2.20. The first-order valence-corrected chi connectivity index (χ1v) is 8.57. The first-order valence-electron chi connectivity index (χ1n) is 8.57. The van der Waals surface area contributed by atoms with Crippen LogP contribution in [-0.4, -0.2) is 35.2 Å². The minimum atomic E-state index is -1.13. The van der Waals surface area contributed by atoms with Gasteiger partial charge in [-0.2, -0.15) is 0 Å². The van der Waals surface area contributed by atoms with Crippen molar-refractivity contribution >= 4 is 23.3 Å². The minimum absolute atomic E-state index is 0.181. The smallest absolute Gasteiger partial charge is 0.307 e. The maximum atomic E-state index is 12.9. The molecule has 1 saturated carbocycles. The van der Waals surface area contributed by atoms with Crippen LogP contribution in [0.1, 0.15) is 26.7 Å². The number of esters is 1. The lowest BCUT2D eigenvalue weighted by molar-refractivity contribution is -0.490. The van der Waals surface area contributed by atoms with E-state index in [9.17, 15) is 28.9 Å². The van der Waals surface area contributed by atoms with Gasteiger partial charge in [0, 0.05) is 28.9 Å². The fourth-order valence-electron chi connectivity index (χ4n) is 3.26. The van der Waals surface area contributed by atoms with E-state index in [1.54, 1.807) is 6.92 Å². The molecule has 0 heterocycles. The maximum Gasteiger partial charge on any atom is 0.307 e. The van der Waals surface area contributed by atoms with E-state index >= 15 is 0 Å². The summed E-state index contributed by atoms with van der Waals surface area (Å²) < 4.78 is 17.9. The van der Waals surface area contributed by atoms with Crippen LogP contribution in [0.4, 0.5) is 10.1 Å². The van der Waals surface area contributed by atoms with Gasteiger partial charge in [0.2, 0.25) is 6.54 Å². The van der Waals surface area contributed by atoms with Gasteiger partial charge in [-0.1, -0.05) is 6.92 Å². The Bertz CT molecular complexity index is 736. The van der Waals surface area contributed by atoms with Crippen LogP contribution in [-0.2, 0) is 19.1 Å². The Hall–Kier alpha value is -2.84. The SMILES string of the molecule is C[C@H](OC(=O)C[C@H]1C(=O)C[C@@H](C)[C@H]1C[N+](=O)[O-])C(=O)Nc1ccc(F)cc1. The van der Waals surface area contributed by atoms with E-state index in [0.717, 1.165) is 0 Å². The Morgan fingerprint density at radius 2 is 2.00 bits per heavy atom. The molecule has 0 bridgehead atoms. The molecule has 27 heavy (non-hydrogen) atoms. The Morgan fingerprint density at radius 3 is 2.59 bits per heavy atom. The summed E-state index contributed by atoms with van der Waals surface area (Å²) in [5.74, 6) is -3.50. The van der Waals surface area contributed by atoms with Crippen molar-refractivity contribution in [1.29, 1.82) is 0 Å². The molecule has 0 unspecified atom stereocenters. The van der Waals surface area contributed by atoms with Crippen molar-refractivity contribution in [2.75, 3.05) is 11.9 Å². The number of carbonyl (C=O) groups is 3. The van der Waals surface area contributed by atoms with E-state index in [0.29, 0.717) is 5.69 Å². The van der Waals surface area contributed by atoms with Crippen molar-refractivity contribution in [1.82, 2.24) is 0 Å². The number of hydrogen-bond donors (Lipinski definition) is 1. The number of hydrogen-bond acceptors (Lipinski definition) is 6. The fraction of sp³-hybridized carbons (Fsp3) is 0.500. The summed E-state index contributed by atoms with van der Waals surface area (Å²) in [5, 5.41) is 13.3. The summed E-state index contributed by atoms with van der Waals surface area (Å²) in [6, 6.07) is 5.08. The predicted molar refractivity (Wildman–Crippen MR) is 92.8 cm³/mol. The molecule has 0 aromatic heterocycles. The summed E-state index contributed by atoms with van der Waals surface area (Å²) in [7, 11) is 0. The number of amides is 1. The van der Waals surface area contributed by atoms with E-state index in [2.05, 4.69) is 5.32 Å². The summed E-state index contributed by atoms with van der Waals surface area (Å²) >= 11 is 0. The second-order valence-electron chi connectivity index (χ2n) is 6.77. The third-order valence-electron chi connectivity index (χ3n) is 4.72. The number of halogens is 1. The first-order chi connectivity index (χ1) is 12.7. The van der Waals surface area contributed by atoms with Crippen LogP contribution in [0.15, 0.2) is 24.3 Å². The number of nitro groups is 1. The lowest BCUT2D eigenvalue weighted by Crippen LogP contribution is -2.32. The number of rotatable bonds is 7. The molecule has 0 radical (unpaired) electrons. The number of anilines is 1. The van der Waals surface area contributed by atoms with Crippen molar-refractivity contribution in [2.24, 2.45) is 17.8 Å². The molecule has 146 valence electrons. The highest BCUT2D eigenvalue weighted by atomic mass is 19.1. The Kier molecular flexibility index (Phi) is 6.59. The van der Waals surface area contributed by atoms with E-state index in [4.69, 9.17) is 4.74 Å². The first kappa shape index (κ1) is 20.5. The number of ether oxygens (including phenoxy) is 1. The minimum Gasteiger partial charge on any atom is -0.453 e. The van der Waals surface area contributed by atoms with Gasteiger partial charge in [-0.05, 0) is 37.1 Å². The Balaban J connectivity index is 1.91. The number of carbonyl (C=O) groups excluding carboxylic acids is 3. The van der Waals surface area contributed by atoms with Crippen LogP contribution in [0, 0.1) is 33.7 Å². The van der Waals surface area contributed by atoms with Crippen molar-refractivity contribution in [3.8, 4) is 0 Å². The van der Waals surface area contributed by atoms with Gasteiger partial charge in [0.15, 0.2) is 6.10 Å². The monoisotopic (exact) mass is 380 g/mol. The van der Waals surface area contributed by atoms with Gasteiger partial charge < -0.3 is 10.1 Å². The molecule has 4 atom stereocenters. The van der Waals surface area contributed by atoms with Gasteiger partial charge in [0.05, 0.1) is 6.42 Å². The summed E-state index contributed by atoms with van der Waals surface area (Å²) in [5.41, 5.74) is 0.343. The van der Waals surface area contributed by atoms with Crippen molar-refractivity contribution in [3.63, 3.8) is 0 Å². The molecular weight excluding hydrogens is 359 g/mol. The third-order valence-corrected chi connectivity index (χ3v) is 4.72. The molecule has 1 N–H and O–H groups in total. The number of nitrogens with zero attached hydrogens (tertiary/aromatic N) is 1. The van der Waals surface area contributed by atoms with Crippen molar-refractivity contribution in [3.05, 3.63) is 40.2 Å². The van der Waals surface area contributed by atoms with Gasteiger partial charge in [0.1, 0.15) is 11.6 Å². The van der Waals surface area contributed by atoms with Crippen molar-refractivity contribution < 1.29 is 28.4 Å². The normalized spacial score (nSPS) is 22.9. The second kappa shape index (κ2) is 8.70. The topological polar surface area (TPSA) is 116 Å². The molecule has 1 fully saturated rings. The van der Waals surface area contributed by atoms with Crippen LogP contribution in [0.3, 0.4) is 0 Å². The van der Waals surface area contributed by atoms with E-state index in [1.807, 2.05) is 0 Å². The number of benzene rings is 1. The maximum absolute atomic E-state index is 12.9. The molecule has 1 aromatic rings. The molecule has 8 nitrogen and oxygen atoms in total. The molecular formula is C18H21FN2O6. The van der Waals surface area contributed by atoms with Crippen LogP contribution in [0.25, 0.3) is 0 Å². The van der Waals surface area contributed by atoms with E-state index in [-0.39, 0.29) is 31.1 Å². The van der Waals surface area contributed by atoms with Crippen LogP contribution < -0.4 is 5.32 Å². The van der Waals surface area contributed by atoms with Crippen LogP contribution in [0.5, 0.6) is 0 Å². The highest BCUT2D eigenvalue weighted by Gasteiger charge is 2.44.